The number of Topliss-reactive ketones (excluding diaryl/α,β-unsaturated/α-hetero) is 1. The molecule has 1 aromatic heterocycles. The zero-order chi connectivity index (χ0) is 21.5. The van der Waals surface area contributed by atoms with E-state index in [9.17, 15) is 14.7 Å². The number of aromatic carboxylic acids is 1. The van der Waals surface area contributed by atoms with Crippen molar-refractivity contribution >= 4 is 23.1 Å². The molecule has 2 N–H and O–H groups in total. The number of rotatable bonds is 10. The monoisotopic (exact) mass is 430 g/mol. The fourth-order valence-corrected chi connectivity index (χ4v) is 4.92. The summed E-state index contributed by atoms with van der Waals surface area (Å²) in [6, 6.07) is 11.2. The summed E-state index contributed by atoms with van der Waals surface area (Å²) < 4.78 is 5.88. The summed E-state index contributed by atoms with van der Waals surface area (Å²) in [6.45, 7) is 2.94. The van der Waals surface area contributed by atoms with Gasteiger partial charge in [0.2, 0.25) is 0 Å². The van der Waals surface area contributed by atoms with Gasteiger partial charge in [-0.05, 0) is 48.4 Å². The van der Waals surface area contributed by atoms with Crippen LogP contribution < -0.4 is 0 Å². The van der Waals surface area contributed by atoms with Crippen LogP contribution in [-0.2, 0) is 16.1 Å². The highest BCUT2D eigenvalue weighted by atomic mass is 32.1. The van der Waals surface area contributed by atoms with E-state index in [0.717, 1.165) is 48.1 Å². The molecule has 1 saturated carbocycles. The number of hydrogen-bond acceptors (Lipinski definition) is 5. The minimum atomic E-state index is -0.924. The third-order valence-corrected chi connectivity index (χ3v) is 6.82. The van der Waals surface area contributed by atoms with Crippen molar-refractivity contribution in [3.8, 4) is 0 Å². The van der Waals surface area contributed by atoms with Crippen LogP contribution in [0.25, 0.3) is 0 Å². The highest BCUT2D eigenvalue weighted by molar-refractivity contribution is 7.13. The van der Waals surface area contributed by atoms with Crippen LogP contribution in [-0.4, -0.2) is 28.6 Å². The second-order valence-corrected chi connectivity index (χ2v) is 9.18. The first kappa shape index (κ1) is 22.7. The molecule has 1 aliphatic carbocycles. The van der Waals surface area contributed by atoms with Gasteiger partial charge in [-0.3, -0.25) is 4.79 Å². The Morgan fingerprint density at radius 2 is 2.00 bits per heavy atom. The smallest absolute Gasteiger partial charge is 0.345 e. The Bertz CT molecular complexity index is 842. The first-order valence-corrected chi connectivity index (χ1v) is 11.5. The van der Waals surface area contributed by atoms with Gasteiger partial charge in [0.25, 0.3) is 0 Å². The van der Waals surface area contributed by atoms with Gasteiger partial charge in [-0.25, -0.2) is 4.79 Å². The number of carboxylic acids is 1. The maximum atomic E-state index is 12.7. The largest absolute Gasteiger partial charge is 0.477 e. The van der Waals surface area contributed by atoms with Gasteiger partial charge >= 0.3 is 5.97 Å². The van der Waals surface area contributed by atoms with Crippen LogP contribution in [0.3, 0.4) is 0 Å². The minimum absolute atomic E-state index is 0.112. The van der Waals surface area contributed by atoms with Crippen LogP contribution in [0.15, 0.2) is 36.4 Å². The molecule has 1 fully saturated rings. The zero-order valence-electron chi connectivity index (χ0n) is 17.4. The van der Waals surface area contributed by atoms with Crippen LogP contribution in [0.2, 0.25) is 0 Å². The van der Waals surface area contributed by atoms with E-state index in [1.807, 2.05) is 24.3 Å². The van der Waals surface area contributed by atoms with E-state index in [-0.39, 0.29) is 17.6 Å². The van der Waals surface area contributed by atoms with Crippen molar-refractivity contribution in [2.75, 3.05) is 6.61 Å². The van der Waals surface area contributed by atoms with Crippen molar-refractivity contribution in [1.82, 2.24) is 0 Å². The predicted octanol–water partition coefficient (Wildman–Crippen LogP) is 5.34. The number of thiophene rings is 1. The topological polar surface area (TPSA) is 83.8 Å². The molecule has 0 radical (unpaired) electrons. The van der Waals surface area contributed by atoms with E-state index in [1.165, 1.54) is 11.3 Å². The molecule has 0 amide bonds. The number of aliphatic hydroxyl groups excluding tert-OH is 1. The summed E-state index contributed by atoms with van der Waals surface area (Å²) in [5.74, 6) is -0.745. The second-order valence-electron chi connectivity index (χ2n) is 8.01. The van der Waals surface area contributed by atoms with Gasteiger partial charge in [0.05, 0.1) is 19.3 Å². The van der Waals surface area contributed by atoms with Crippen LogP contribution in [0, 0.1) is 5.92 Å². The number of benzene rings is 1. The molecule has 0 aliphatic heterocycles. The lowest BCUT2D eigenvalue weighted by Crippen LogP contribution is -2.29. The quantitative estimate of drug-likeness (QED) is 0.532. The van der Waals surface area contributed by atoms with E-state index < -0.39 is 12.1 Å². The average molecular weight is 431 g/mol. The van der Waals surface area contributed by atoms with Crippen molar-refractivity contribution in [2.45, 2.75) is 64.1 Å². The predicted molar refractivity (Wildman–Crippen MR) is 117 cm³/mol. The molecule has 1 aromatic carbocycles. The fraction of sp³-hybridized carbons (Fsp3) is 0.500. The average Bonchev–Trinajstić information content (AvgIpc) is 3.22. The van der Waals surface area contributed by atoms with Gasteiger partial charge in [0.1, 0.15) is 10.7 Å². The number of hydrogen-bond donors (Lipinski definition) is 2. The molecule has 5 nitrogen and oxygen atoms in total. The lowest BCUT2D eigenvalue weighted by Gasteiger charge is -2.30. The van der Waals surface area contributed by atoms with E-state index >= 15 is 0 Å². The van der Waals surface area contributed by atoms with Crippen molar-refractivity contribution in [2.24, 2.45) is 5.92 Å². The Balaban J connectivity index is 1.62. The molecule has 162 valence electrons. The molecular formula is C24H30O5S. The summed E-state index contributed by atoms with van der Waals surface area (Å²) in [5.41, 5.74) is 1.89. The third-order valence-electron chi connectivity index (χ3n) is 5.78. The first-order chi connectivity index (χ1) is 14.5. The fourth-order valence-electron chi connectivity index (χ4n) is 4.13. The molecule has 30 heavy (non-hydrogen) atoms. The molecule has 0 bridgehead atoms. The van der Waals surface area contributed by atoms with Crippen molar-refractivity contribution in [3.63, 3.8) is 0 Å². The Morgan fingerprint density at radius 1 is 1.23 bits per heavy atom. The molecule has 3 unspecified atom stereocenters. The van der Waals surface area contributed by atoms with Gasteiger partial charge in [-0.2, -0.15) is 0 Å². The molecule has 2 aromatic rings. The molecule has 1 heterocycles. The van der Waals surface area contributed by atoms with Gasteiger partial charge in [-0.1, -0.05) is 44.0 Å². The van der Waals surface area contributed by atoms with Crippen LogP contribution in [0.1, 0.15) is 83.1 Å². The lowest BCUT2D eigenvalue weighted by molar-refractivity contribution is -0.124. The van der Waals surface area contributed by atoms with Crippen molar-refractivity contribution in [1.29, 1.82) is 0 Å². The minimum Gasteiger partial charge on any atom is -0.477 e. The number of unbranched alkanes of at least 4 members (excludes halogenated alkanes) is 1. The standard InChI is InChI=1S/C24H30O5S/c1-2-3-6-20(25)16-8-10-17(11-9-16)23-18(5-4-7-21(23)26)14-29-15-19-12-13-22(30-19)24(27)28/h8-13,18,20,23,25H,2-7,14-15H2,1H3,(H,27,28). The third kappa shape index (κ3) is 5.78. The highest BCUT2D eigenvalue weighted by Crippen LogP contribution is 2.36. The lowest BCUT2D eigenvalue weighted by atomic mass is 9.75. The molecule has 0 spiro atoms. The van der Waals surface area contributed by atoms with E-state index in [0.29, 0.717) is 24.5 Å². The van der Waals surface area contributed by atoms with Crippen LogP contribution in [0.4, 0.5) is 0 Å². The Morgan fingerprint density at radius 3 is 2.67 bits per heavy atom. The number of ketones is 1. The van der Waals surface area contributed by atoms with Gasteiger partial charge in [-0.15, -0.1) is 11.3 Å². The maximum Gasteiger partial charge on any atom is 0.345 e. The number of carbonyl (C=O) groups is 2. The normalized spacial score (nSPS) is 20.3. The Hall–Kier alpha value is -2.02. The van der Waals surface area contributed by atoms with Crippen molar-refractivity contribution in [3.05, 3.63) is 57.3 Å². The first-order valence-electron chi connectivity index (χ1n) is 10.7. The summed E-state index contributed by atoms with van der Waals surface area (Å²) in [4.78, 5) is 24.9. The Kier molecular flexibility index (Phi) is 8.19. The summed E-state index contributed by atoms with van der Waals surface area (Å²) in [5, 5.41) is 19.3. The molecular weight excluding hydrogens is 400 g/mol. The Labute approximate surface area is 181 Å². The highest BCUT2D eigenvalue weighted by Gasteiger charge is 2.33. The number of aliphatic hydroxyl groups is 1. The van der Waals surface area contributed by atoms with E-state index in [2.05, 4.69) is 6.92 Å². The van der Waals surface area contributed by atoms with Crippen molar-refractivity contribution < 1.29 is 24.5 Å². The van der Waals surface area contributed by atoms with Crippen LogP contribution >= 0.6 is 11.3 Å². The maximum absolute atomic E-state index is 12.7. The number of ether oxygens (including phenoxy) is 1. The zero-order valence-corrected chi connectivity index (χ0v) is 18.2. The second kappa shape index (κ2) is 10.8. The van der Waals surface area contributed by atoms with Gasteiger partial charge < -0.3 is 14.9 Å². The summed E-state index contributed by atoms with van der Waals surface area (Å²) >= 11 is 1.22. The van der Waals surface area contributed by atoms with E-state index in [1.54, 1.807) is 12.1 Å². The molecule has 3 atom stereocenters. The summed E-state index contributed by atoms with van der Waals surface area (Å²) in [6.07, 6.45) is 4.73. The molecule has 3 rings (SSSR count). The van der Waals surface area contributed by atoms with Crippen LogP contribution in [0.5, 0.6) is 0 Å². The van der Waals surface area contributed by atoms with E-state index in [4.69, 9.17) is 9.84 Å². The summed E-state index contributed by atoms with van der Waals surface area (Å²) in [7, 11) is 0. The number of carboxylic acid groups (broad SMARTS) is 1. The molecule has 0 saturated heterocycles. The van der Waals surface area contributed by atoms with Gasteiger partial charge in [0, 0.05) is 17.2 Å². The molecule has 6 heteroatoms. The number of carbonyl (C=O) groups excluding carboxylic acids is 1. The van der Waals surface area contributed by atoms with Gasteiger partial charge in [0.15, 0.2) is 0 Å². The molecule has 1 aliphatic rings. The SMILES string of the molecule is CCCCC(O)c1ccc(C2C(=O)CCCC2COCc2ccc(C(=O)O)s2)cc1.